The van der Waals surface area contributed by atoms with Crippen LogP contribution in [0, 0.1) is 29.1 Å². The quantitative estimate of drug-likeness (QED) is 0.903. The number of aliphatic imine (C=N–C) groups is 1. The molecule has 0 aliphatic heterocycles. The van der Waals surface area contributed by atoms with Crippen LogP contribution in [0.25, 0.3) is 0 Å². The average molecular weight is 337 g/mol. The van der Waals surface area contributed by atoms with E-state index in [1.165, 1.54) is 11.3 Å². The minimum atomic E-state index is -0.144. The van der Waals surface area contributed by atoms with E-state index < -0.39 is 0 Å². The lowest BCUT2D eigenvalue weighted by Gasteiger charge is -2.84. The van der Waals surface area contributed by atoms with Crippen molar-refractivity contribution in [2.75, 3.05) is 7.11 Å². The summed E-state index contributed by atoms with van der Waals surface area (Å²) in [6, 6.07) is 4.25. The van der Waals surface area contributed by atoms with Gasteiger partial charge >= 0.3 is 0 Å². The molecule has 1 aromatic rings. The summed E-state index contributed by atoms with van der Waals surface area (Å²) in [4.78, 5) is 17.7. The number of aromatic hydroxyl groups is 1. The molecule has 4 fully saturated rings. The molecule has 0 bridgehead atoms. The summed E-state index contributed by atoms with van der Waals surface area (Å²) in [6.45, 7) is 4.51. The Morgan fingerprint density at radius 1 is 1.32 bits per heavy atom. The highest BCUT2D eigenvalue weighted by Crippen LogP contribution is 2.85. The molecule has 130 valence electrons. The Kier molecular flexibility index (Phi) is 2.26. The number of ketones is 1. The number of carbonyl (C=O) groups excluding carboxylic acids is 1. The van der Waals surface area contributed by atoms with Crippen LogP contribution in [0.5, 0.6) is 11.5 Å². The Balaban J connectivity index is 1.52. The van der Waals surface area contributed by atoms with E-state index in [1.54, 1.807) is 7.11 Å². The molecule has 5 aliphatic carbocycles. The minimum absolute atomic E-state index is 0.00250. The van der Waals surface area contributed by atoms with Crippen LogP contribution in [0.3, 0.4) is 0 Å². The van der Waals surface area contributed by atoms with Gasteiger partial charge in [-0.1, -0.05) is 19.9 Å². The van der Waals surface area contributed by atoms with Gasteiger partial charge in [0.1, 0.15) is 5.78 Å². The van der Waals surface area contributed by atoms with E-state index in [-0.39, 0.29) is 28.5 Å². The van der Waals surface area contributed by atoms with E-state index in [2.05, 4.69) is 19.9 Å². The highest BCUT2D eigenvalue weighted by molar-refractivity contribution is 6.01. The maximum Gasteiger partial charge on any atom is 0.161 e. The van der Waals surface area contributed by atoms with Crippen molar-refractivity contribution in [3.8, 4) is 11.5 Å². The van der Waals surface area contributed by atoms with Crippen molar-refractivity contribution in [1.82, 2.24) is 0 Å². The molecule has 4 nitrogen and oxygen atoms in total. The summed E-state index contributed by atoms with van der Waals surface area (Å²) < 4.78 is 5.35. The maximum atomic E-state index is 12.6. The summed E-state index contributed by atoms with van der Waals surface area (Å²) >= 11 is 0. The smallest absolute Gasteiger partial charge is 0.161 e. The molecule has 6 rings (SSSR count). The van der Waals surface area contributed by atoms with Crippen molar-refractivity contribution in [3.63, 3.8) is 0 Å². The molecular weight excluding hydrogens is 314 g/mol. The van der Waals surface area contributed by atoms with Crippen molar-refractivity contribution >= 4 is 11.5 Å². The maximum absolute atomic E-state index is 12.6. The summed E-state index contributed by atoms with van der Waals surface area (Å²) in [5, 5.41) is 10.8. The van der Waals surface area contributed by atoms with E-state index in [0.29, 0.717) is 35.7 Å². The number of Topliss-reactive ketones (excluding diaryl/α,β-unsaturated/α-hetero) is 1. The molecule has 0 aromatic heterocycles. The van der Waals surface area contributed by atoms with Crippen molar-refractivity contribution in [1.29, 1.82) is 0 Å². The van der Waals surface area contributed by atoms with Crippen molar-refractivity contribution in [2.24, 2.45) is 34.1 Å². The van der Waals surface area contributed by atoms with E-state index in [1.807, 2.05) is 6.07 Å². The predicted octanol–water partition coefficient (Wildman–Crippen LogP) is 2.90. The van der Waals surface area contributed by atoms with Gasteiger partial charge in [-0.15, -0.1) is 0 Å². The van der Waals surface area contributed by atoms with Gasteiger partial charge in [-0.3, -0.25) is 9.79 Å². The molecule has 1 N–H and O–H groups in total. The average Bonchev–Trinajstić information content (AvgIpc) is 3.26. The van der Waals surface area contributed by atoms with Crippen LogP contribution in [-0.4, -0.2) is 29.8 Å². The van der Waals surface area contributed by atoms with Gasteiger partial charge < -0.3 is 9.84 Å². The lowest BCUT2D eigenvalue weighted by Crippen LogP contribution is -2.88. The van der Waals surface area contributed by atoms with Gasteiger partial charge in [0.25, 0.3) is 0 Å². The number of phenolic OH excluding ortho intramolecular Hbond substituents is 1. The van der Waals surface area contributed by atoms with E-state index >= 15 is 0 Å². The van der Waals surface area contributed by atoms with Crippen molar-refractivity contribution in [3.05, 3.63) is 23.3 Å². The first-order valence-corrected chi connectivity index (χ1v) is 9.43. The van der Waals surface area contributed by atoms with Crippen LogP contribution >= 0.6 is 0 Å². The van der Waals surface area contributed by atoms with Crippen molar-refractivity contribution in [2.45, 2.75) is 44.6 Å². The molecule has 7 unspecified atom stereocenters. The van der Waals surface area contributed by atoms with Gasteiger partial charge in [0.2, 0.25) is 0 Å². The van der Waals surface area contributed by atoms with Gasteiger partial charge in [0.05, 0.1) is 13.2 Å². The second kappa shape index (κ2) is 3.94. The molecular formula is C21H23NO3. The zero-order valence-electron chi connectivity index (χ0n) is 14.9. The number of fused-ring (bicyclic) bond motifs is 2. The Labute approximate surface area is 147 Å². The van der Waals surface area contributed by atoms with Crippen LogP contribution in [0.2, 0.25) is 0 Å². The first-order valence-electron chi connectivity index (χ1n) is 9.43. The molecule has 4 heteroatoms. The molecule has 7 atom stereocenters. The lowest BCUT2D eigenvalue weighted by molar-refractivity contribution is -0.290. The Hall–Kier alpha value is -1.84. The van der Waals surface area contributed by atoms with Gasteiger partial charge in [0.15, 0.2) is 11.5 Å². The molecule has 0 saturated heterocycles. The molecule has 5 aliphatic rings. The molecule has 0 radical (unpaired) electrons. The topological polar surface area (TPSA) is 58.9 Å². The number of hydrogen-bond acceptors (Lipinski definition) is 4. The number of nitrogens with zero attached hydrogens (tertiary/aromatic N) is 1. The third-order valence-electron chi connectivity index (χ3n) is 8.22. The second-order valence-electron chi connectivity index (χ2n) is 9.15. The fourth-order valence-electron chi connectivity index (χ4n) is 7.39. The monoisotopic (exact) mass is 337 g/mol. The predicted molar refractivity (Wildman–Crippen MR) is 93.2 cm³/mol. The summed E-state index contributed by atoms with van der Waals surface area (Å²) in [6.07, 6.45) is 2.68. The fraction of sp³-hybridized carbons (Fsp3) is 0.619. The highest BCUT2D eigenvalue weighted by Gasteiger charge is 2.88. The van der Waals surface area contributed by atoms with Gasteiger partial charge in [-0.2, -0.15) is 0 Å². The molecule has 1 aromatic carbocycles. The normalized spacial score (nSPS) is 49.2. The van der Waals surface area contributed by atoms with E-state index in [4.69, 9.17) is 9.73 Å². The third-order valence-corrected chi connectivity index (χ3v) is 8.22. The van der Waals surface area contributed by atoms with Crippen LogP contribution in [0.4, 0.5) is 0 Å². The molecule has 1 spiro atoms. The number of rotatable bonds is 2. The van der Waals surface area contributed by atoms with E-state index in [9.17, 15) is 9.90 Å². The number of methoxy groups -OCH3 is 1. The zero-order chi connectivity index (χ0) is 17.3. The Morgan fingerprint density at radius 2 is 2.08 bits per heavy atom. The van der Waals surface area contributed by atoms with Crippen LogP contribution in [0.1, 0.15) is 37.8 Å². The zero-order valence-corrected chi connectivity index (χ0v) is 14.9. The van der Waals surface area contributed by atoms with Gasteiger partial charge in [-0.05, 0) is 42.2 Å². The van der Waals surface area contributed by atoms with Gasteiger partial charge in [0, 0.05) is 34.4 Å². The molecule has 4 saturated carbocycles. The van der Waals surface area contributed by atoms with Crippen molar-refractivity contribution < 1.29 is 14.6 Å². The number of benzene rings is 1. The SMILES string of the molecule is COc1ccc2c(c1O)C13CC(=O)C1C1(C)C(/N=C4/CC4C)C(C2)C31. The summed E-state index contributed by atoms with van der Waals surface area (Å²) in [5.74, 6) is 2.83. The largest absolute Gasteiger partial charge is 0.504 e. The molecule has 25 heavy (non-hydrogen) atoms. The number of hydrogen-bond donors (Lipinski definition) is 1. The standard InChI is InChI=1S/C21H23NO3/c1-9-6-12(9)22-19-11-7-10-4-5-14(25-3)16(24)15(10)21-8-13(23)18(21)20(19,2)17(11)21/h4-5,9,11,17-19,24H,6-8H2,1-3H3/b22-12-. The minimum Gasteiger partial charge on any atom is -0.504 e. The van der Waals surface area contributed by atoms with E-state index in [0.717, 1.165) is 18.4 Å². The Morgan fingerprint density at radius 3 is 2.72 bits per heavy atom. The molecule has 0 heterocycles. The highest BCUT2D eigenvalue weighted by atomic mass is 16.5. The second-order valence-corrected chi connectivity index (χ2v) is 9.15. The van der Waals surface area contributed by atoms with Crippen LogP contribution in [0.15, 0.2) is 17.1 Å². The first-order chi connectivity index (χ1) is 11.9. The fourth-order valence-corrected chi connectivity index (χ4v) is 7.39. The van der Waals surface area contributed by atoms with Crippen LogP contribution < -0.4 is 4.74 Å². The van der Waals surface area contributed by atoms with Crippen LogP contribution in [-0.2, 0) is 16.6 Å². The third kappa shape index (κ3) is 1.27. The Bertz CT molecular complexity index is 889. The number of carbonyl (C=O) groups is 1. The summed E-state index contributed by atoms with van der Waals surface area (Å²) in [7, 11) is 1.59. The first kappa shape index (κ1) is 14.3. The lowest BCUT2D eigenvalue weighted by atomic mass is 9.18. The molecule has 0 amide bonds. The number of phenols is 1. The van der Waals surface area contributed by atoms with Gasteiger partial charge in [-0.25, -0.2) is 0 Å². The number of ether oxygens (including phenoxy) is 1. The summed E-state index contributed by atoms with van der Waals surface area (Å²) in [5.41, 5.74) is 3.42.